The Balaban J connectivity index is 3.09. The van der Waals surface area contributed by atoms with Crippen molar-refractivity contribution < 1.29 is 9.53 Å². The summed E-state index contributed by atoms with van der Waals surface area (Å²) in [6.45, 7) is 3.39. The minimum Gasteiger partial charge on any atom is -0.495 e. The Bertz CT molecular complexity index is 345. The molecule has 68 valence electrons. The minimum atomic E-state index is -0.149. The first kappa shape index (κ1) is 9.81. The van der Waals surface area contributed by atoms with Crippen LogP contribution in [-0.4, -0.2) is 12.9 Å². The molecule has 1 rings (SSSR count). The third kappa shape index (κ3) is 2.10. The van der Waals surface area contributed by atoms with Gasteiger partial charge in [-0.25, -0.2) is 0 Å². The fraction of sp³-hybridized carbons (Fsp3) is 0.100. The number of allylic oxidation sites excluding steroid dienone is 1. The maximum absolute atomic E-state index is 11.1. The van der Waals surface area contributed by atoms with Crippen molar-refractivity contribution in [3.05, 3.63) is 41.4 Å². The molecular formula is C10H9ClO2. The maximum atomic E-state index is 11.1. The first-order chi connectivity index (χ1) is 6.19. The molecule has 0 aliphatic rings. The van der Waals surface area contributed by atoms with E-state index in [0.717, 1.165) is 0 Å². The molecule has 13 heavy (non-hydrogen) atoms. The molecule has 0 fully saturated rings. The van der Waals surface area contributed by atoms with Gasteiger partial charge in [0.05, 0.1) is 12.1 Å². The third-order valence-corrected chi connectivity index (χ3v) is 1.92. The van der Waals surface area contributed by atoms with Gasteiger partial charge in [0.25, 0.3) is 0 Å². The van der Waals surface area contributed by atoms with E-state index in [-0.39, 0.29) is 5.78 Å². The first-order valence-electron chi connectivity index (χ1n) is 3.69. The predicted octanol–water partition coefficient (Wildman–Crippen LogP) is 2.72. The molecule has 0 saturated heterocycles. The summed E-state index contributed by atoms with van der Waals surface area (Å²) in [7, 11) is 1.52. The van der Waals surface area contributed by atoms with E-state index >= 15 is 0 Å². The SMILES string of the molecule is C=CC(=O)c1ccc(OC)c(Cl)c1. The van der Waals surface area contributed by atoms with Gasteiger partial charge in [0, 0.05) is 5.56 Å². The molecule has 0 aliphatic carbocycles. The lowest BCUT2D eigenvalue weighted by atomic mass is 10.1. The summed E-state index contributed by atoms with van der Waals surface area (Å²) in [5.41, 5.74) is 0.515. The van der Waals surface area contributed by atoms with E-state index in [1.807, 2.05) is 0 Å². The van der Waals surface area contributed by atoms with E-state index in [1.165, 1.54) is 13.2 Å². The highest BCUT2D eigenvalue weighted by Crippen LogP contribution is 2.24. The quantitative estimate of drug-likeness (QED) is 0.549. The van der Waals surface area contributed by atoms with E-state index < -0.39 is 0 Å². The van der Waals surface area contributed by atoms with Crippen LogP contribution in [0.4, 0.5) is 0 Å². The zero-order valence-electron chi connectivity index (χ0n) is 7.21. The van der Waals surface area contributed by atoms with Crippen LogP contribution in [0.3, 0.4) is 0 Å². The fourth-order valence-corrected chi connectivity index (χ4v) is 1.20. The molecule has 0 bridgehead atoms. The van der Waals surface area contributed by atoms with E-state index in [1.54, 1.807) is 18.2 Å². The molecule has 0 heterocycles. The Morgan fingerprint density at radius 1 is 1.62 bits per heavy atom. The van der Waals surface area contributed by atoms with Crippen molar-refractivity contribution in [2.75, 3.05) is 7.11 Å². The number of benzene rings is 1. The molecule has 1 aromatic rings. The number of halogens is 1. The second-order valence-corrected chi connectivity index (χ2v) is 2.82. The zero-order chi connectivity index (χ0) is 9.84. The van der Waals surface area contributed by atoms with Crippen LogP contribution in [0.1, 0.15) is 10.4 Å². The van der Waals surface area contributed by atoms with Crippen LogP contribution < -0.4 is 4.74 Å². The van der Waals surface area contributed by atoms with Gasteiger partial charge in [0.15, 0.2) is 5.78 Å². The molecule has 0 atom stereocenters. The van der Waals surface area contributed by atoms with Crippen molar-refractivity contribution in [3.63, 3.8) is 0 Å². The van der Waals surface area contributed by atoms with Gasteiger partial charge in [-0.15, -0.1) is 0 Å². The number of methoxy groups -OCH3 is 1. The molecule has 3 heteroatoms. The summed E-state index contributed by atoms with van der Waals surface area (Å²) in [6, 6.07) is 4.86. The Labute approximate surface area is 81.8 Å². The number of carbonyl (C=O) groups is 1. The van der Waals surface area contributed by atoms with Crippen molar-refractivity contribution in [2.45, 2.75) is 0 Å². The van der Waals surface area contributed by atoms with Crippen molar-refractivity contribution in [1.82, 2.24) is 0 Å². The second-order valence-electron chi connectivity index (χ2n) is 2.42. The maximum Gasteiger partial charge on any atom is 0.185 e. The molecule has 1 aromatic carbocycles. The van der Waals surface area contributed by atoms with Crippen LogP contribution >= 0.6 is 11.6 Å². The van der Waals surface area contributed by atoms with Crippen LogP contribution in [-0.2, 0) is 0 Å². The third-order valence-electron chi connectivity index (χ3n) is 1.62. The number of carbonyl (C=O) groups excluding carboxylic acids is 1. The highest BCUT2D eigenvalue weighted by molar-refractivity contribution is 6.32. The van der Waals surface area contributed by atoms with Gasteiger partial charge in [-0.05, 0) is 24.3 Å². The predicted molar refractivity (Wildman–Crippen MR) is 52.5 cm³/mol. The van der Waals surface area contributed by atoms with Crippen LogP contribution in [0, 0.1) is 0 Å². The Hall–Kier alpha value is -1.28. The molecule has 0 saturated carbocycles. The van der Waals surface area contributed by atoms with Gasteiger partial charge in [0.2, 0.25) is 0 Å². The van der Waals surface area contributed by atoms with Gasteiger partial charge >= 0.3 is 0 Å². The van der Waals surface area contributed by atoms with Crippen LogP contribution in [0.15, 0.2) is 30.9 Å². The van der Waals surface area contributed by atoms with Gasteiger partial charge in [-0.1, -0.05) is 18.2 Å². The topological polar surface area (TPSA) is 26.3 Å². The zero-order valence-corrected chi connectivity index (χ0v) is 7.97. The average Bonchev–Trinajstić information content (AvgIpc) is 2.16. The number of rotatable bonds is 3. The van der Waals surface area contributed by atoms with E-state index in [4.69, 9.17) is 16.3 Å². The van der Waals surface area contributed by atoms with Gasteiger partial charge in [0.1, 0.15) is 5.75 Å². The molecular weight excluding hydrogens is 188 g/mol. The van der Waals surface area contributed by atoms with Crippen molar-refractivity contribution in [3.8, 4) is 5.75 Å². The first-order valence-corrected chi connectivity index (χ1v) is 4.07. The number of ketones is 1. The summed E-state index contributed by atoms with van der Waals surface area (Å²) in [5, 5.41) is 0.426. The molecule has 0 aromatic heterocycles. The van der Waals surface area contributed by atoms with E-state index in [9.17, 15) is 4.79 Å². The van der Waals surface area contributed by atoms with Crippen molar-refractivity contribution in [1.29, 1.82) is 0 Å². The summed E-state index contributed by atoms with van der Waals surface area (Å²) >= 11 is 5.82. The average molecular weight is 197 g/mol. The molecule has 0 amide bonds. The number of ether oxygens (including phenoxy) is 1. The highest BCUT2D eigenvalue weighted by Gasteiger charge is 2.05. The van der Waals surface area contributed by atoms with Gasteiger partial charge < -0.3 is 4.74 Å². The molecule has 0 aliphatic heterocycles. The lowest BCUT2D eigenvalue weighted by Crippen LogP contribution is -1.94. The summed E-state index contributed by atoms with van der Waals surface area (Å²) < 4.78 is 4.94. The van der Waals surface area contributed by atoms with Crippen molar-refractivity contribution in [2.24, 2.45) is 0 Å². The summed E-state index contributed by atoms with van der Waals surface area (Å²) in [5.74, 6) is 0.409. The Morgan fingerprint density at radius 2 is 2.31 bits per heavy atom. The smallest absolute Gasteiger partial charge is 0.185 e. The van der Waals surface area contributed by atoms with E-state index in [0.29, 0.717) is 16.3 Å². The lowest BCUT2D eigenvalue weighted by molar-refractivity contribution is 0.104. The molecule has 0 N–H and O–H groups in total. The van der Waals surface area contributed by atoms with Crippen LogP contribution in [0.5, 0.6) is 5.75 Å². The van der Waals surface area contributed by atoms with Crippen LogP contribution in [0.2, 0.25) is 5.02 Å². The molecule has 0 unspecified atom stereocenters. The summed E-state index contributed by atoms with van der Waals surface area (Å²) in [4.78, 5) is 11.1. The van der Waals surface area contributed by atoms with Gasteiger partial charge in [-0.3, -0.25) is 4.79 Å². The standard InChI is InChI=1S/C10H9ClO2/c1-3-9(12)7-4-5-10(13-2)8(11)6-7/h3-6H,1H2,2H3. The molecule has 0 radical (unpaired) electrons. The monoisotopic (exact) mass is 196 g/mol. The lowest BCUT2D eigenvalue weighted by Gasteiger charge is -2.03. The number of hydrogen-bond acceptors (Lipinski definition) is 2. The van der Waals surface area contributed by atoms with Gasteiger partial charge in [-0.2, -0.15) is 0 Å². The second kappa shape index (κ2) is 4.10. The Morgan fingerprint density at radius 3 is 2.77 bits per heavy atom. The molecule has 2 nitrogen and oxygen atoms in total. The van der Waals surface area contributed by atoms with Crippen molar-refractivity contribution >= 4 is 17.4 Å². The normalized spacial score (nSPS) is 9.38. The van der Waals surface area contributed by atoms with E-state index in [2.05, 4.69) is 6.58 Å². The summed E-state index contributed by atoms with van der Waals surface area (Å²) in [6.07, 6.45) is 1.25. The largest absolute Gasteiger partial charge is 0.495 e. The number of hydrogen-bond donors (Lipinski definition) is 0. The Kier molecular flexibility index (Phi) is 3.09. The highest BCUT2D eigenvalue weighted by atomic mass is 35.5. The molecule has 0 spiro atoms. The fourth-order valence-electron chi connectivity index (χ4n) is 0.937. The van der Waals surface area contributed by atoms with Crippen LogP contribution in [0.25, 0.3) is 0 Å². The minimum absolute atomic E-state index is 0.149.